The zero-order chi connectivity index (χ0) is 9.84. The Hall–Kier alpha value is -1.14. The first-order valence-corrected chi connectivity index (χ1v) is 3.59. The highest BCUT2D eigenvalue weighted by molar-refractivity contribution is 5.79. The van der Waals surface area contributed by atoms with Gasteiger partial charge in [-0.15, -0.1) is 0 Å². The summed E-state index contributed by atoms with van der Waals surface area (Å²) in [6, 6.07) is 0. The first kappa shape index (κ1) is 9.94. The lowest BCUT2D eigenvalue weighted by Crippen LogP contribution is -2.35. The van der Waals surface area contributed by atoms with Crippen molar-refractivity contribution in [3.05, 3.63) is 0 Å². The summed E-state index contributed by atoms with van der Waals surface area (Å²) in [5.74, 6) is -0.661. The van der Waals surface area contributed by atoms with Crippen LogP contribution in [0.3, 0.4) is 0 Å². The van der Waals surface area contributed by atoms with Gasteiger partial charge in [0.25, 0.3) is 6.47 Å². The quantitative estimate of drug-likeness (QED) is 0.421. The molecule has 1 rings (SSSR count). The van der Waals surface area contributed by atoms with Crippen molar-refractivity contribution < 1.29 is 28.5 Å². The van der Waals surface area contributed by atoms with E-state index in [9.17, 15) is 9.59 Å². The Morgan fingerprint density at radius 2 is 2.08 bits per heavy atom. The van der Waals surface area contributed by atoms with E-state index < -0.39 is 24.5 Å². The van der Waals surface area contributed by atoms with Crippen molar-refractivity contribution in [2.45, 2.75) is 18.5 Å². The van der Waals surface area contributed by atoms with Gasteiger partial charge in [0.05, 0.1) is 0 Å². The molecule has 13 heavy (non-hydrogen) atoms. The molecule has 1 unspecified atom stereocenters. The maximum absolute atomic E-state index is 11.0. The lowest BCUT2D eigenvalue weighted by molar-refractivity contribution is -0.168. The second-order valence-electron chi connectivity index (χ2n) is 2.39. The first-order valence-electron chi connectivity index (χ1n) is 3.59. The van der Waals surface area contributed by atoms with Crippen LogP contribution in [0.2, 0.25) is 0 Å². The fraction of sp³-hybridized carbons (Fsp3) is 0.714. The van der Waals surface area contributed by atoms with Crippen molar-refractivity contribution >= 4 is 12.4 Å². The molecular weight excluding hydrogens is 180 g/mol. The second-order valence-corrected chi connectivity index (χ2v) is 2.39. The molecule has 0 bridgehead atoms. The normalized spacial score (nSPS) is 32.8. The number of methoxy groups -OCH3 is 2. The molecule has 1 heterocycles. The minimum atomic E-state index is -1.03. The van der Waals surface area contributed by atoms with Crippen LogP contribution in [0.25, 0.3) is 0 Å². The molecule has 3 atom stereocenters. The number of ether oxygens (including phenoxy) is 4. The maximum atomic E-state index is 11.0. The zero-order valence-electron chi connectivity index (χ0n) is 7.26. The fourth-order valence-electron chi connectivity index (χ4n) is 1.14. The molecule has 74 valence electrons. The van der Waals surface area contributed by atoms with Gasteiger partial charge in [0.15, 0.2) is 6.10 Å². The average Bonchev–Trinajstić information content (AvgIpc) is 2.44. The topological polar surface area (TPSA) is 71.1 Å². The Kier molecular flexibility index (Phi) is 3.21. The summed E-state index contributed by atoms with van der Waals surface area (Å²) in [6.07, 6.45) is -2.56. The van der Waals surface area contributed by atoms with Crippen LogP contribution in [0.1, 0.15) is 0 Å². The van der Waals surface area contributed by atoms with Gasteiger partial charge < -0.3 is 18.9 Å². The molecule has 1 fully saturated rings. The highest BCUT2D eigenvalue weighted by Crippen LogP contribution is 2.21. The van der Waals surface area contributed by atoms with Crippen LogP contribution < -0.4 is 0 Å². The zero-order valence-corrected chi connectivity index (χ0v) is 7.26. The third-order valence-corrected chi connectivity index (χ3v) is 1.74. The summed E-state index contributed by atoms with van der Waals surface area (Å²) in [5.41, 5.74) is 0. The molecule has 1 aliphatic heterocycles. The molecule has 0 aliphatic carbocycles. The number of cyclic esters (lactones) is 1. The van der Waals surface area contributed by atoms with Gasteiger partial charge in [-0.3, -0.25) is 4.79 Å². The summed E-state index contributed by atoms with van der Waals surface area (Å²) in [7, 11) is 2.74. The van der Waals surface area contributed by atoms with Crippen molar-refractivity contribution in [2.24, 2.45) is 0 Å². The van der Waals surface area contributed by atoms with Crippen LogP contribution >= 0.6 is 0 Å². The lowest BCUT2D eigenvalue weighted by atomic mass is 10.2. The molecule has 0 spiro atoms. The smallest absolute Gasteiger partial charge is 0.352 e. The van der Waals surface area contributed by atoms with Crippen LogP contribution in [0.5, 0.6) is 0 Å². The minimum Gasteiger partial charge on any atom is -0.449 e. The predicted octanol–water partition coefficient (Wildman–Crippen LogP) is -0.928. The molecule has 0 saturated carbocycles. The number of carbonyl (C=O) groups excluding carboxylic acids is 2. The Labute approximate surface area is 74.7 Å². The summed E-state index contributed by atoms with van der Waals surface area (Å²) in [6.45, 7) is 0.177. The Morgan fingerprint density at radius 1 is 1.38 bits per heavy atom. The third kappa shape index (κ3) is 1.78. The molecule has 0 aromatic carbocycles. The van der Waals surface area contributed by atoms with E-state index in [1.807, 2.05) is 0 Å². The Morgan fingerprint density at radius 3 is 2.54 bits per heavy atom. The monoisotopic (exact) mass is 190 g/mol. The molecule has 0 radical (unpaired) electrons. The third-order valence-electron chi connectivity index (χ3n) is 1.74. The average molecular weight is 190 g/mol. The van der Waals surface area contributed by atoms with E-state index in [-0.39, 0.29) is 6.47 Å². The largest absolute Gasteiger partial charge is 0.449 e. The van der Waals surface area contributed by atoms with Gasteiger partial charge in [-0.1, -0.05) is 0 Å². The Bertz CT molecular complexity index is 203. The number of hydrogen-bond acceptors (Lipinski definition) is 6. The number of rotatable bonds is 4. The molecular formula is C7H10O6. The van der Waals surface area contributed by atoms with Gasteiger partial charge in [0.2, 0.25) is 12.4 Å². The van der Waals surface area contributed by atoms with Gasteiger partial charge in [-0.25, -0.2) is 4.79 Å². The molecule has 6 nitrogen and oxygen atoms in total. The molecule has 0 N–H and O–H groups in total. The van der Waals surface area contributed by atoms with E-state index in [2.05, 4.69) is 4.74 Å². The van der Waals surface area contributed by atoms with Crippen molar-refractivity contribution in [3.63, 3.8) is 0 Å². The van der Waals surface area contributed by atoms with Crippen molar-refractivity contribution in [2.75, 3.05) is 14.2 Å². The van der Waals surface area contributed by atoms with Crippen LogP contribution in [0.15, 0.2) is 0 Å². The number of hydrogen-bond donors (Lipinski definition) is 0. The standard InChI is InChI=1S/C7H10O6/c1-10-5-4(12-3-8)6(9)13-7(5)11-2/h3-5,7H,1-2H3/t4-,5-,7?/m0/s1. The van der Waals surface area contributed by atoms with Gasteiger partial charge in [-0.05, 0) is 0 Å². The summed E-state index contributed by atoms with van der Waals surface area (Å²) in [5, 5.41) is 0. The fourth-order valence-corrected chi connectivity index (χ4v) is 1.14. The van der Waals surface area contributed by atoms with E-state index in [0.717, 1.165) is 0 Å². The highest BCUT2D eigenvalue weighted by atomic mass is 16.7. The minimum absolute atomic E-state index is 0.177. The summed E-state index contributed by atoms with van der Waals surface area (Å²) in [4.78, 5) is 21.1. The summed E-state index contributed by atoms with van der Waals surface area (Å²) >= 11 is 0. The molecule has 6 heteroatoms. The van der Waals surface area contributed by atoms with Crippen LogP contribution in [-0.4, -0.2) is 45.2 Å². The molecule has 0 amide bonds. The maximum Gasteiger partial charge on any atom is 0.352 e. The molecule has 0 aromatic rings. The Balaban J connectivity index is 2.69. The lowest BCUT2D eigenvalue weighted by Gasteiger charge is -2.16. The molecule has 0 aromatic heterocycles. The van der Waals surface area contributed by atoms with Crippen LogP contribution in [-0.2, 0) is 28.5 Å². The first-order chi connectivity index (χ1) is 6.24. The van der Waals surface area contributed by atoms with Gasteiger partial charge >= 0.3 is 5.97 Å². The van der Waals surface area contributed by atoms with Crippen LogP contribution in [0.4, 0.5) is 0 Å². The van der Waals surface area contributed by atoms with E-state index in [4.69, 9.17) is 14.2 Å². The van der Waals surface area contributed by atoms with E-state index >= 15 is 0 Å². The van der Waals surface area contributed by atoms with E-state index in [0.29, 0.717) is 0 Å². The van der Waals surface area contributed by atoms with E-state index in [1.54, 1.807) is 0 Å². The molecule has 1 saturated heterocycles. The van der Waals surface area contributed by atoms with Crippen LogP contribution in [0, 0.1) is 0 Å². The van der Waals surface area contributed by atoms with Gasteiger partial charge in [-0.2, -0.15) is 0 Å². The predicted molar refractivity (Wildman–Crippen MR) is 38.6 cm³/mol. The SMILES string of the molecule is COC1OC(=O)[C@@H](OC=O)[C@@H]1OC. The highest BCUT2D eigenvalue weighted by Gasteiger charge is 2.47. The van der Waals surface area contributed by atoms with Crippen molar-refractivity contribution in [1.29, 1.82) is 0 Å². The number of carbonyl (C=O) groups is 2. The van der Waals surface area contributed by atoms with E-state index in [1.165, 1.54) is 14.2 Å². The van der Waals surface area contributed by atoms with Gasteiger partial charge in [0.1, 0.15) is 0 Å². The summed E-state index contributed by atoms with van der Waals surface area (Å²) < 4.78 is 18.9. The van der Waals surface area contributed by atoms with Gasteiger partial charge in [0, 0.05) is 14.2 Å². The number of esters is 1. The molecule has 1 aliphatic rings. The van der Waals surface area contributed by atoms with Crippen molar-refractivity contribution in [1.82, 2.24) is 0 Å². The second kappa shape index (κ2) is 4.20. The van der Waals surface area contributed by atoms with Crippen molar-refractivity contribution in [3.8, 4) is 0 Å².